The third kappa shape index (κ3) is 3.51. The zero-order valence-corrected chi connectivity index (χ0v) is 24.5. The third-order valence-electron chi connectivity index (χ3n) is 8.43. The summed E-state index contributed by atoms with van der Waals surface area (Å²) < 4.78 is 2.87. The summed E-state index contributed by atoms with van der Waals surface area (Å²) in [5.74, 6) is 0. The fourth-order valence-corrected chi connectivity index (χ4v) is 8.91. The molecule has 3 heteroatoms. The van der Waals surface area contributed by atoms with Gasteiger partial charge in [0.1, 0.15) is 0 Å². The number of aromatic nitrogens is 2. The molecule has 0 N–H and O–H groups in total. The fourth-order valence-electron chi connectivity index (χ4n) is 6.30. The average Bonchev–Trinajstić information content (AvgIpc) is 3.21. The molecule has 0 saturated heterocycles. The van der Waals surface area contributed by atoms with Gasteiger partial charge < -0.3 is 0 Å². The van der Waals surface area contributed by atoms with Gasteiger partial charge in [-0.2, -0.15) is 0 Å². The maximum absolute atomic E-state index is 4.99. The number of hydrogen-bond acceptors (Lipinski definition) is 2. The molecular formula is C33H36N2Se. The second-order valence-corrected chi connectivity index (χ2v) is 15.2. The van der Waals surface area contributed by atoms with Crippen molar-refractivity contribution >= 4 is 44.7 Å². The van der Waals surface area contributed by atoms with Crippen molar-refractivity contribution in [3.8, 4) is 11.3 Å². The number of benzene rings is 3. The Labute approximate surface area is 220 Å². The van der Waals surface area contributed by atoms with Gasteiger partial charge in [-0.3, -0.25) is 0 Å². The van der Waals surface area contributed by atoms with Crippen molar-refractivity contribution < 1.29 is 0 Å². The van der Waals surface area contributed by atoms with Crippen LogP contribution in [0.1, 0.15) is 83.6 Å². The van der Waals surface area contributed by atoms with E-state index in [4.69, 9.17) is 9.97 Å². The number of hydrogen-bond donors (Lipinski definition) is 0. The summed E-state index contributed by atoms with van der Waals surface area (Å²) in [5.41, 5.74) is 9.78. The zero-order chi connectivity index (χ0) is 25.6. The van der Waals surface area contributed by atoms with Gasteiger partial charge in [-0.1, -0.05) is 0 Å². The van der Waals surface area contributed by atoms with Gasteiger partial charge in [0, 0.05) is 0 Å². The van der Waals surface area contributed by atoms with E-state index in [1.54, 1.807) is 11.9 Å². The van der Waals surface area contributed by atoms with Crippen LogP contribution in [0.4, 0.5) is 0 Å². The Morgan fingerprint density at radius 2 is 1.58 bits per heavy atom. The Hall–Kier alpha value is -2.48. The van der Waals surface area contributed by atoms with E-state index in [0.717, 1.165) is 5.69 Å². The van der Waals surface area contributed by atoms with E-state index in [0.29, 0.717) is 0 Å². The molecule has 0 spiro atoms. The Morgan fingerprint density at radius 3 is 2.33 bits per heavy atom. The molecular weight excluding hydrogens is 503 g/mol. The second kappa shape index (κ2) is 7.76. The van der Waals surface area contributed by atoms with Crippen LogP contribution in [0.15, 0.2) is 48.8 Å². The van der Waals surface area contributed by atoms with Crippen LogP contribution in [0.3, 0.4) is 0 Å². The molecule has 0 bridgehead atoms. The van der Waals surface area contributed by atoms with Crippen molar-refractivity contribution in [1.29, 1.82) is 0 Å². The molecule has 0 amide bonds. The molecule has 0 unspecified atom stereocenters. The molecule has 2 aromatic heterocycles. The van der Waals surface area contributed by atoms with Gasteiger partial charge in [0.05, 0.1) is 0 Å². The minimum atomic E-state index is 0.0468. The van der Waals surface area contributed by atoms with Crippen LogP contribution in [0.2, 0.25) is 0 Å². The minimum absolute atomic E-state index is 0.0468. The first-order valence-corrected chi connectivity index (χ1v) is 14.9. The number of rotatable bonds is 1. The van der Waals surface area contributed by atoms with Crippen LogP contribution >= 0.6 is 0 Å². The monoisotopic (exact) mass is 540 g/mol. The Bertz CT molecular complexity index is 1680. The predicted molar refractivity (Wildman–Crippen MR) is 156 cm³/mol. The fraction of sp³-hybridized carbons (Fsp3) is 0.394. The topological polar surface area (TPSA) is 25.8 Å². The molecule has 5 aromatic rings. The molecule has 184 valence electrons. The molecule has 3 aromatic carbocycles. The number of nitrogens with zero attached hydrogens (tertiary/aromatic N) is 2. The molecule has 0 fully saturated rings. The van der Waals surface area contributed by atoms with Crippen molar-refractivity contribution in [2.24, 2.45) is 0 Å². The molecule has 6 rings (SSSR count). The van der Waals surface area contributed by atoms with Gasteiger partial charge in [0.25, 0.3) is 0 Å². The Balaban J connectivity index is 1.72. The summed E-state index contributed by atoms with van der Waals surface area (Å²) in [5, 5.41) is 4.05. The van der Waals surface area contributed by atoms with Crippen LogP contribution in [0, 0.1) is 6.92 Å². The number of fused-ring (bicyclic) bond motifs is 6. The SMILES string of the molecule is Cc1cc2c(c3c1[se]c1c(-c4cc(C(C)(C)C)c5ccccc5c4)ncnc13)C(C)(C)CCC2(C)C. The van der Waals surface area contributed by atoms with Crippen LogP contribution in [0.25, 0.3) is 41.5 Å². The van der Waals surface area contributed by atoms with Gasteiger partial charge in [-0.05, 0) is 0 Å². The first kappa shape index (κ1) is 23.9. The molecule has 2 heterocycles. The van der Waals surface area contributed by atoms with Gasteiger partial charge in [-0.25, -0.2) is 0 Å². The van der Waals surface area contributed by atoms with E-state index in [-0.39, 0.29) is 30.7 Å². The molecule has 0 aliphatic heterocycles. The van der Waals surface area contributed by atoms with Crippen LogP contribution in [0.5, 0.6) is 0 Å². The van der Waals surface area contributed by atoms with Gasteiger partial charge in [-0.15, -0.1) is 0 Å². The second-order valence-electron chi connectivity index (χ2n) is 13.1. The molecule has 1 aliphatic rings. The van der Waals surface area contributed by atoms with E-state index in [1.165, 1.54) is 65.3 Å². The summed E-state index contributed by atoms with van der Waals surface area (Å²) in [4.78, 5) is 9.93. The van der Waals surface area contributed by atoms with Crippen LogP contribution < -0.4 is 0 Å². The molecule has 2 nitrogen and oxygen atoms in total. The zero-order valence-electron chi connectivity index (χ0n) is 22.8. The van der Waals surface area contributed by atoms with Crippen LogP contribution in [-0.2, 0) is 16.2 Å². The van der Waals surface area contributed by atoms with Crippen molar-refractivity contribution in [3.63, 3.8) is 0 Å². The molecule has 1 aliphatic carbocycles. The first-order chi connectivity index (χ1) is 16.9. The van der Waals surface area contributed by atoms with E-state index in [1.807, 2.05) is 0 Å². The predicted octanol–water partition coefficient (Wildman–Crippen LogP) is 8.62. The number of aryl methyl sites for hydroxylation is 1. The summed E-state index contributed by atoms with van der Waals surface area (Å²) >= 11 is 0.186. The molecule has 36 heavy (non-hydrogen) atoms. The molecule has 0 saturated carbocycles. The summed E-state index contributed by atoms with van der Waals surface area (Å²) in [6, 6.07) is 16.0. The summed E-state index contributed by atoms with van der Waals surface area (Å²) in [7, 11) is 0. The van der Waals surface area contributed by atoms with E-state index in [2.05, 4.69) is 97.9 Å². The third-order valence-corrected chi connectivity index (χ3v) is 11.2. The summed E-state index contributed by atoms with van der Waals surface area (Å²) in [6.07, 6.45) is 4.24. The van der Waals surface area contributed by atoms with Crippen LogP contribution in [-0.4, -0.2) is 24.5 Å². The maximum atomic E-state index is 4.99. The van der Waals surface area contributed by atoms with E-state index < -0.39 is 0 Å². The van der Waals surface area contributed by atoms with E-state index in [9.17, 15) is 0 Å². The van der Waals surface area contributed by atoms with Crippen molar-refractivity contribution in [2.75, 3.05) is 0 Å². The van der Waals surface area contributed by atoms with Crippen molar-refractivity contribution in [2.45, 2.75) is 84.5 Å². The van der Waals surface area contributed by atoms with Gasteiger partial charge >= 0.3 is 221 Å². The van der Waals surface area contributed by atoms with Gasteiger partial charge in [0.15, 0.2) is 0 Å². The molecule has 0 atom stereocenters. The van der Waals surface area contributed by atoms with Crippen molar-refractivity contribution in [3.05, 3.63) is 71.0 Å². The molecule has 0 radical (unpaired) electrons. The van der Waals surface area contributed by atoms with E-state index >= 15 is 0 Å². The van der Waals surface area contributed by atoms with Gasteiger partial charge in [0.2, 0.25) is 0 Å². The Morgan fingerprint density at radius 1 is 0.861 bits per heavy atom. The quantitative estimate of drug-likeness (QED) is 0.199. The average molecular weight is 540 g/mol. The standard InChI is InChI=1S/C33H36N2Se/c1-19-15-24-26(33(7,8)14-13-32(24,5)6)25-28-30(36-29(19)25)27(34-18-35-28)21-16-20-11-9-10-12-22(20)23(17-21)31(2,3)4/h9-12,15-18H,13-14H2,1-8H3. The normalized spacial score (nSPS) is 17.1. The Kier molecular flexibility index (Phi) is 5.15. The first-order valence-electron chi connectivity index (χ1n) is 13.1. The summed E-state index contributed by atoms with van der Waals surface area (Å²) in [6.45, 7) is 18.9. The van der Waals surface area contributed by atoms with Crippen molar-refractivity contribution in [1.82, 2.24) is 9.97 Å².